The number of hydrogen-bond donors (Lipinski definition) is 1. The summed E-state index contributed by atoms with van der Waals surface area (Å²) in [7, 11) is 0. The first kappa shape index (κ1) is 11.5. The molecule has 0 bridgehead atoms. The Kier molecular flexibility index (Phi) is 2.54. The van der Waals surface area contributed by atoms with Gasteiger partial charge in [-0.2, -0.15) is 0 Å². The van der Waals surface area contributed by atoms with Crippen molar-refractivity contribution in [3.05, 3.63) is 35.4 Å². The smallest absolute Gasteiger partial charge is 0.129 e. The van der Waals surface area contributed by atoms with Crippen molar-refractivity contribution in [1.29, 1.82) is 0 Å². The Bertz CT molecular complexity index is 414. The van der Waals surface area contributed by atoms with Gasteiger partial charge in [-0.15, -0.1) is 0 Å². The molecule has 1 unspecified atom stereocenters. The first-order valence-corrected chi connectivity index (χ1v) is 5.50. The summed E-state index contributed by atoms with van der Waals surface area (Å²) in [4.78, 5) is 0. The molecule has 1 N–H and O–H groups in total. The number of halogens is 2. The van der Waals surface area contributed by atoms with Crippen LogP contribution in [0.2, 0.25) is 0 Å². The summed E-state index contributed by atoms with van der Waals surface area (Å²) in [6, 6.07) is 3.26. The van der Waals surface area contributed by atoms with Gasteiger partial charge in [0, 0.05) is 5.56 Å². The van der Waals surface area contributed by atoms with E-state index in [0.29, 0.717) is 12.8 Å². The van der Waals surface area contributed by atoms with Gasteiger partial charge in [0.2, 0.25) is 0 Å². The fourth-order valence-corrected chi connectivity index (χ4v) is 2.60. The third kappa shape index (κ3) is 1.96. The van der Waals surface area contributed by atoms with E-state index in [9.17, 15) is 13.9 Å². The molecular formula is C13H16F2O. The number of hydrogen-bond acceptors (Lipinski definition) is 1. The Morgan fingerprint density at radius 2 is 1.88 bits per heavy atom. The van der Waals surface area contributed by atoms with Crippen molar-refractivity contribution >= 4 is 0 Å². The average Bonchev–Trinajstić information content (AvgIpc) is 2.46. The third-order valence-electron chi connectivity index (χ3n) is 3.42. The van der Waals surface area contributed by atoms with Gasteiger partial charge in [0.05, 0.1) is 5.60 Å². The molecule has 0 aromatic heterocycles. The van der Waals surface area contributed by atoms with E-state index in [-0.39, 0.29) is 11.0 Å². The van der Waals surface area contributed by atoms with Gasteiger partial charge in [0.15, 0.2) is 0 Å². The van der Waals surface area contributed by atoms with Crippen molar-refractivity contribution in [2.45, 2.75) is 38.7 Å². The molecule has 0 heterocycles. The molecular weight excluding hydrogens is 210 g/mol. The molecule has 1 fully saturated rings. The maximum absolute atomic E-state index is 13.6. The first-order chi connectivity index (χ1) is 7.32. The van der Waals surface area contributed by atoms with E-state index in [1.54, 1.807) is 0 Å². The third-order valence-corrected chi connectivity index (χ3v) is 3.42. The SMILES string of the molecule is CC1(C)CCC(O)(c2cc(F)ccc2F)C1. The summed E-state index contributed by atoms with van der Waals surface area (Å²) >= 11 is 0. The summed E-state index contributed by atoms with van der Waals surface area (Å²) in [5, 5.41) is 10.4. The number of rotatable bonds is 1. The highest BCUT2D eigenvalue weighted by Crippen LogP contribution is 2.49. The van der Waals surface area contributed by atoms with Gasteiger partial charge in [-0.05, 0) is 42.9 Å². The molecule has 1 nitrogen and oxygen atoms in total. The minimum absolute atomic E-state index is 0.0203. The van der Waals surface area contributed by atoms with Crippen LogP contribution >= 0.6 is 0 Å². The van der Waals surface area contributed by atoms with Gasteiger partial charge in [0.25, 0.3) is 0 Å². The molecule has 0 amide bonds. The van der Waals surface area contributed by atoms with E-state index in [4.69, 9.17) is 0 Å². The summed E-state index contributed by atoms with van der Waals surface area (Å²) in [5.41, 5.74) is -1.14. The van der Waals surface area contributed by atoms with Gasteiger partial charge in [-0.1, -0.05) is 13.8 Å². The Morgan fingerprint density at radius 3 is 2.44 bits per heavy atom. The van der Waals surface area contributed by atoms with Crippen LogP contribution in [-0.4, -0.2) is 5.11 Å². The van der Waals surface area contributed by atoms with Crippen molar-refractivity contribution < 1.29 is 13.9 Å². The van der Waals surface area contributed by atoms with E-state index in [1.165, 1.54) is 0 Å². The van der Waals surface area contributed by atoms with E-state index in [1.807, 2.05) is 13.8 Å². The van der Waals surface area contributed by atoms with E-state index in [0.717, 1.165) is 24.6 Å². The van der Waals surface area contributed by atoms with Crippen LogP contribution in [-0.2, 0) is 5.60 Å². The topological polar surface area (TPSA) is 20.2 Å². The van der Waals surface area contributed by atoms with Crippen LogP contribution in [0, 0.1) is 17.0 Å². The summed E-state index contributed by atoms with van der Waals surface area (Å²) in [6.45, 7) is 4.06. The molecule has 0 spiro atoms. The molecule has 1 aliphatic rings. The number of benzene rings is 1. The Labute approximate surface area is 94.1 Å². The van der Waals surface area contributed by atoms with Crippen molar-refractivity contribution in [3.8, 4) is 0 Å². The molecule has 88 valence electrons. The second-order valence-electron chi connectivity index (χ2n) is 5.50. The van der Waals surface area contributed by atoms with Gasteiger partial charge >= 0.3 is 0 Å². The van der Waals surface area contributed by atoms with Crippen molar-refractivity contribution in [2.24, 2.45) is 5.41 Å². The lowest BCUT2D eigenvalue weighted by Gasteiger charge is -2.26. The van der Waals surface area contributed by atoms with E-state index >= 15 is 0 Å². The maximum Gasteiger partial charge on any atom is 0.129 e. The van der Waals surface area contributed by atoms with Crippen molar-refractivity contribution in [2.75, 3.05) is 0 Å². The van der Waals surface area contributed by atoms with Crippen LogP contribution in [0.4, 0.5) is 8.78 Å². The number of aliphatic hydroxyl groups is 1. The molecule has 1 atom stereocenters. The second kappa shape index (κ2) is 3.52. The molecule has 1 aromatic carbocycles. The zero-order chi connectivity index (χ0) is 12.0. The van der Waals surface area contributed by atoms with Crippen LogP contribution in [0.25, 0.3) is 0 Å². The highest BCUT2D eigenvalue weighted by Gasteiger charge is 2.44. The molecule has 3 heteroatoms. The lowest BCUT2D eigenvalue weighted by Crippen LogP contribution is -2.25. The van der Waals surface area contributed by atoms with Gasteiger partial charge in [-0.25, -0.2) is 8.78 Å². The molecule has 0 saturated heterocycles. The Hall–Kier alpha value is -0.960. The van der Waals surface area contributed by atoms with Gasteiger partial charge in [-0.3, -0.25) is 0 Å². The summed E-state index contributed by atoms with van der Waals surface area (Å²) < 4.78 is 26.7. The van der Waals surface area contributed by atoms with Gasteiger partial charge < -0.3 is 5.11 Å². The molecule has 0 aliphatic heterocycles. The van der Waals surface area contributed by atoms with Crippen LogP contribution in [0.1, 0.15) is 38.7 Å². The molecule has 1 aromatic rings. The fraction of sp³-hybridized carbons (Fsp3) is 0.538. The second-order valence-corrected chi connectivity index (χ2v) is 5.50. The lowest BCUT2D eigenvalue weighted by molar-refractivity contribution is 0.0300. The van der Waals surface area contributed by atoms with Crippen LogP contribution in [0.5, 0.6) is 0 Å². The minimum atomic E-state index is -1.21. The zero-order valence-electron chi connectivity index (χ0n) is 9.56. The molecule has 16 heavy (non-hydrogen) atoms. The van der Waals surface area contributed by atoms with Crippen LogP contribution in [0.3, 0.4) is 0 Å². The van der Waals surface area contributed by atoms with Crippen LogP contribution < -0.4 is 0 Å². The lowest BCUT2D eigenvalue weighted by atomic mass is 9.85. The monoisotopic (exact) mass is 226 g/mol. The quantitative estimate of drug-likeness (QED) is 0.778. The average molecular weight is 226 g/mol. The maximum atomic E-state index is 13.6. The molecule has 0 radical (unpaired) electrons. The Balaban J connectivity index is 2.41. The first-order valence-electron chi connectivity index (χ1n) is 5.50. The molecule has 1 saturated carbocycles. The predicted octanol–water partition coefficient (Wildman–Crippen LogP) is 3.36. The molecule has 1 aliphatic carbocycles. The van der Waals surface area contributed by atoms with Gasteiger partial charge in [0.1, 0.15) is 11.6 Å². The normalized spacial score (nSPS) is 28.3. The highest BCUT2D eigenvalue weighted by atomic mass is 19.1. The fourth-order valence-electron chi connectivity index (χ4n) is 2.60. The van der Waals surface area contributed by atoms with Crippen molar-refractivity contribution in [1.82, 2.24) is 0 Å². The zero-order valence-corrected chi connectivity index (χ0v) is 9.56. The van der Waals surface area contributed by atoms with Crippen molar-refractivity contribution in [3.63, 3.8) is 0 Å². The highest BCUT2D eigenvalue weighted by molar-refractivity contribution is 5.27. The minimum Gasteiger partial charge on any atom is -0.385 e. The standard InChI is InChI=1S/C13H16F2O/c1-12(2)5-6-13(16,8-12)10-7-9(14)3-4-11(10)15/h3-4,7,16H,5-6,8H2,1-2H3. The largest absolute Gasteiger partial charge is 0.385 e. The van der Waals surface area contributed by atoms with Crippen LogP contribution in [0.15, 0.2) is 18.2 Å². The summed E-state index contributed by atoms with van der Waals surface area (Å²) in [6.07, 6.45) is 1.78. The Morgan fingerprint density at radius 1 is 1.19 bits per heavy atom. The van der Waals surface area contributed by atoms with E-state index in [2.05, 4.69) is 0 Å². The summed E-state index contributed by atoms with van der Waals surface area (Å²) in [5.74, 6) is -1.03. The van der Waals surface area contributed by atoms with E-state index < -0.39 is 17.2 Å². The molecule has 2 rings (SSSR count). The predicted molar refractivity (Wildman–Crippen MR) is 57.9 cm³/mol.